The van der Waals surface area contributed by atoms with E-state index in [0.29, 0.717) is 5.82 Å². The molecule has 0 atom stereocenters. The van der Waals surface area contributed by atoms with Gasteiger partial charge in [-0.05, 0) is 37.2 Å². The highest BCUT2D eigenvalue weighted by molar-refractivity contribution is 7.10. The number of aromatic nitrogens is 1. The molecule has 16 heavy (non-hydrogen) atoms. The number of likely N-dealkylation sites (N-methyl/N-ethyl adjacent to an activating group) is 1. The molecular weight excluding hydrogens is 222 g/mol. The molecule has 0 amide bonds. The summed E-state index contributed by atoms with van der Waals surface area (Å²) in [5, 5.41) is 1.15. The number of anilines is 2. The quantitative estimate of drug-likeness (QED) is 0.773. The van der Waals surface area contributed by atoms with E-state index in [1.54, 1.807) is 0 Å². The highest BCUT2D eigenvalue weighted by Crippen LogP contribution is 2.29. The third-order valence-electron chi connectivity index (χ3n) is 2.90. The summed E-state index contributed by atoms with van der Waals surface area (Å²) in [4.78, 5) is 2.16. The fourth-order valence-corrected chi connectivity index (χ4v) is 2.33. The maximum atomic E-state index is 5.72. The number of ether oxygens (including phenoxy) is 1. The molecule has 90 valence electrons. The first-order chi connectivity index (χ1) is 7.68. The van der Waals surface area contributed by atoms with Crippen LogP contribution in [0.15, 0.2) is 0 Å². The van der Waals surface area contributed by atoms with E-state index < -0.39 is 0 Å². The van der Waals surface area contributed by atoms with Crippen molar-refractivity contribution in [2.45, 2.75) is 19.8 Å². The van der Waals surface area contributed by atoms with Crippen LogP contribution in [0.4, 0.5) is 10.8 Å². The molecule has 1 aliphatic carbocycles. The lowest BCUT2D eigenvalue weighted by Crippen LogP contribution is -2.22. The zero-order valence-corrected chi connectivity index (χ0v) is 10.7. The van der Waals surface area contributed by atoms with Crippen LogP contribution in [0.2, 0.25) is 0 Å². The Kier molecular flexibility index (Phi) is 3.66. The molecule has 0 spiro atoms. The van der Waals surface area contributed by atoms with Gasteiger partial charge in [-0.1, -0.05) is 0 Å². The van der Waals surface area contributed by atoms with E-state index in [4.69, 9.17) is 10.5 Å². The largest absolute Gasteiger partial charge is 0.383 e. The van der Waals surface area contributed by atoms with E-state index in [1.807, 2.05) is 6.92 Å². The summed E-state index contributed by atoms with van der Waals surface area (Å²) < 4.78 is 9.75. The van der Waals surface area contributed by atoms with E-state index in [9.17, 15) is 0 Å². The minimum absolute atomic E-state index is 0.644. The Bertz CT molecular complexity index is 349. The minimum atomic E-state index is 0.644. The van der Waals surface area contributed by atoms with E-state index in [2.05, 4.69) is 16.3 Å². The van der Waals surface area contributed by atoms with Crippen molar-refractivity contribution in [2.75, 3.05) is 37.4 Å². The molecule has 0 radical (unpaired) electrons. The highest BCUT2D eigenvalue weighted by Gasteiger charge is 2.21. The average molecular weight is 241 g/mol. The van der Waals surface area contributed by atoms with Gasteiger partial charge in [-0.25, -0.2) is 0 Å². The Morgan fingerprint density at radius 1 is 1.56 bits per heavy atom. The van der Waals surface area contributed by atoms with Crippen LogP contribution < -0.4 is 10.6 Å². The second kappa shape index (κ2) is 5.01. The van der Waals surface area contributed by atoms with Crippen molar-refractivity contribution in [3.05, 3.63) is 5.56 Å². The first-order valence-electron chi connectivity index (χ1n) is 5.69. The van der Waals surface area contributed by atoms with Crippen LogP contribution in [0.3, 0.4) is 0 Å². The average Bonchev–Trinajstić information content (AvgIpc) is 3.02. The lowest BCUT2D eigenvalue weighted by Gasteiger charge is -2.17. The van der Waals surface area contributed by atoms with Crippen LogP contribution in [0.25, 0.3) is 0 Å². The predicted molar refractivity (Wildman–Crippen MR) is 68.1 cm³/mol. The Morgan fingerprint density at radius 3 is 2.88 bits per heavy atom. The Hall–Kier alpha value is -0.810. The minimum Gasteiger partial charge on any atom is -0.383 e. The lowest BCUT2D eigenvalue weighted by atomic mass is 10.3. The van der Waals surface area contributed by atoms with E-state index in [-0.39, 0.29) is 0 Å². The SMILES string of the molecule is Cc1c(N)nsc1N(C)CCOCC1CC1. The van der Waals surface area contributed by atoms with Gasteiger partial charge in [0.25, 0.3) is 0 Å². The van der Waals surface area contributed by atoms with Crippen molar-refractivity contribution in [2.24, 2.45) is 5.92 Å². The van der Waals surface area contributed by atoms with Gasteiger partial charge in [0.05, 0.1) is 6.61 Å². The van der Waals surface area contributed by atoms with Crippen LogP contribution >= 0.6 is 11.5 Å². The van der Waals surface area contributed by atoms with Crippen LogP contribution in [0.5, 0.6) is 0 Å². The van der Waals surface area contributed by atoms with E-state index in [1.165, 1.54) is 24.4 Å². The van der Waals surface area contributed by atoms with E-state index in [0.717, 1.165) is 36.2 Å². The molecule has 0 aliphatic heterocycles. The van der Waals surface area contributed by atoms with Gasteiger partial charge in [-0.3, -0.25) is 0 Å². The molecule has 2 rings (SSSR count). The maximum absolute atomic E-state index is 5.72. The molecule has 5 heteroatoms. The van der Waals surface area contributed by atoms with Gasteiger partial charge in [-0.15, -0.1) is 0 Å². The molecule has 0 aromatic carbocycles. The van der Waals surface area contributed by atoms with Gasteiger partial charge < -0.3 is 15.4 Å². The molecular formula is C11H19N3OS. The lowest BCUT2D eigenvalue weighted by molar-refractivity contribution is 0.131. The third kappa shape index (κ3) is 2.86. The second-order valence-corrected chi connectivity index (χ2v) is 5.19. The summed E-state index contributed by atoms with van der Waals surface area (Å²) in [6.07, 6.45) is 2.70. The summed E-state index contributed by atoms with van der Waals surface area (Å²) >= 11 is 1.46. The molecule has 1 aromatic heterocycles. The Balaban J connectivity index is 1.73. The van der Waals surface area contributed by atoms with Gasteiger partial charge in [0.1, 0.15) is 10.8 Å². The number of rotatable bonds is 6. The molecule has 1 fully saturated rings. The van der Waals surface area contributed by atoms with Crippen molar-refractivity contribution in [3.63, 3.8) is 0 Å². The van der Waals surface area contributed by atoms with Gasteiger partial charge in [0.2, 0.25) is 0 Å². The fraction of sp³-hybridized carbons (Fsp3) is 0.727. The highest BCUT2D eigenvalue weighted by atomic mass is 32.1. The molecule has 0 saturated heterocycles. The first kappa shape index (κ1) is 11.7. The Morgan fingerprint density at radius 2 is 2.31 bits per heavy atom. The van der Waals surface area contributed by atoms with Gasteiger partial charge in [0, 0.05) is 25.8 Å². The predicted octanol–water partition coefficient (Wildman–Crippen LogP) is 1.90. The van der Waals surface area contributed by atoms with Crippen molar-refractivity contribution >= 4 is 22.4 Å². The molecule has 1 heterocycles. The molecule has 1 saturated carbocycles. The topological polar surface area (TPSA) is 51.4 Å². The monoisotopic (exact) mass is 241 g/mol. The smallest absolute Gasteiger partial charge is 0.142 e. The van der Waals surface area contributed by atoms with Gasteiger partial charge in [-0.2, -0.15) is 4.37 Å². The summed E-state index contributed by atoms with van der Waals surface area (Å²) in [6, 6.07) is 0. The Labute approximate surface area is 101 Å². The fourth-order valence-electron chi connectivity index (χ4n) is 1.53. The number of nitrogens with two attached hydrogens (primary N) is 1. The van der Waals surface area contributed by atoms with Gasteiger partial charge in [0.15, 0.2) is 0 Å². The first-order valence-corrected chi connectivity index (χ1v) is 6.46. The number of nitrogen functional groups attached to an aromatic ring is 1. The van der Waals surface area contributed by atoms with Crippen molar-refractivity contribution in [3.8, 4) is 0 Å². The normalized spacial score (nSPS) is 15.4. The van der Waals surface area contributed by atoms with Crippen molar-refractivity contribution < 1.29 is 4.74 Å². The van der Waals surface area contributed by atoms with Gasteiger partial charge >= 0.3 is 0 Å². The molecule has 0 unspecified atom stereocenters. The summed E-state index contributed by atoms with van der Waals surface area (Å²) in [6.45, 7) is 4.62. The molecule has 2 N–H and O–H groups in total. The van der Waals surface area contributed by atoms with Crippen LogP contribution in [0.1, 0.15) is 18.4 Å². The molecule has 0 bridgehead atoms. The number of nitrogens with zero attached hydrogens (tertiary/aromatic N) is 2. The second-order valence-electron chi connectivity index (χ2n) is 4.44. The van der Waals surface area contributed by atoms with E-state index >= 15 is 0 Å². The molecule has 1 aliphatic rings. The summed E-state index contributed by atoms with van der Waals surface area (Å²) in [5.41, 5.74) is 6.80. The van der Waals surface area contributed by atoms with Crippen molar-refractivity contribution in [1.82, 2.24) is 4.37 Å². The summed E-state index contributed by atoms with van der Waals surface area (Å²) in [7, 11) is 2.06. The number of hydrogen-bond acceptors (Lipinski definition) is 5. The van der Waals surface area contributed by atoms with Crippen LogP contribution in [-0.2, 0) is 4.74 Å². The zero-order valence-electron chi connectivity index (χ0n) is 9.90. The zero-order chi connectivity index (χ0) is 11.5. The maximum Gasteiger partial charge on any atom is 0.142 e. The summed E-state index contributed by atoms with van der Waals surface area (Å²) in [5.74, 6) is 1.48. The third-order valence-corrected chi connectivity index (χ3v) is 3.98. The number of hydrogen-bond donors (Lipinski definition) is 1. The molecule has 1 aromatic rings. The van der Waals surface area contributed by atoms with Crippen molar-refractivity contribution in [1.29, 1.82) is 0 Å². The molecule has 4 nitrogen and oxygen atoms in total. The van der Waals surface area contributed by atoms with Crippen LogP contribution in [-0.4, -0.2) is 31.2 Å². The standard InChI is InChI=1S/C11H19N3OS/c1-8-10(12)13-16-11(8)14(2)5-6-15-7-9-3-4-9/h9H,3-7H2,1-2H3,(H2,12,13). The van der Waals surface area contributed by atoms with Crippen LogP contribution in [0, 0.1) is 12.8 Å².